The second-order valence-corrected chi connectivity index (χ2v) is 7.95. The summed E-state index contributed by atoms with van der Waals surface area (Å²) in [6.45, 7) is 5.53. The van der Waals surface area contributed by atoms with E-state index in [4.69, 9.17) is 16.3 Å². The molecule has 0 aliphatic carbocycles. The van der Waals surface area contributed by atoms with Crippen molar-refractivity contribution in [1.29, 1.82) is 0 Å². The number of piperazine rings is 1. The summed E-state index contributed by atoms with van der Waals surface area (Å²) in [4.78, 5) is 29.2. The molecule has 2 aromatic rings. The number of hydrogen-bond acceptors (Lipinski definition) is 5. The van der Waals surface area contributed by atoms with Crippen LogP contribution in [-0.2, 0) is 16.1 Å². The van der Waals surface area contributed by atoms with Crippen LogP contribution in [-0.4, -0.2) is 67.5 Å². The van der Waals surface area contributed by atoms with Crippen molar-refractivity contribution in [2.75, 3.05) is 45.2 Å². The summed E-state index contributed by atoms with van der Waals surface area (Å²) in [6.07, 6.45) is 0. The molecule has 0 radical (unpaired) electrons. The summed E-state index contributed by atoms with van der Waals surface area (Å²) in [5.41, 5.74) is 1.56. The predicted molar refractivity (Wildman–Crippen MR) is 122 cm³/mol. The van der Waals surface area contributed by atoms with Crippen LogP contribution in [0.1, 0.15) is 12.5 Å². The molecule has 1 saturated heterocycles. The largest absolute Gasteiger partial charge is 0.496 e. The Balaban J connectivity index is 1.42. The first kappa shape index (κ1) is 23.1. The van der Waals surface area contributed by atoms with Gasteiger partial charge in [0.05, 0.1) is 30.4 Å². The SMILES string of the molecule is COc1ccccc1CNC(=O)C(C)N1CCN(CC(=O)Nc2ccccc2Cl)CC1. The van der Waals surface area contributed by atoms with Crippen LogP contribution in [0, 0.1) is 0 Å². The number of methoxy groups -OCH3 is 1. The number of halogens is 1. The molecule has 2 amide bonds. The van der Waals surface area contributed by atoms with Crippen molar-refractivity contribution in [3.63, 3.8) is 0 Å². The molecule has 2 N–H and O–H groups in total. The molecule has 1 aliphatic heterocycles. The molecular formula is C23H29ClN4O3. The van der Waals surface area contributed by atoms with Crippen molar-refractivity contribution < 1.29 is 14.3 Å². The monoisotopic (exact) mass is 444 g/mol. The highest BCUT2D eigenvalue weighted by molar-refractivity contribution is 6.33. The van der Waals surface area contributed by atoms with Gasteiger partial charge in [0.25, 0.3) is 0 Å². The minimum absolute atomic E-state index is 0.0178. The fourth-order valence-electron chi connectivity index (χ4n) is 3.61. The quantitative estimate of drug-likeness (QED) is 0.654. The van der Waals surface area contributed by atoms with E-state index in [1.54, 1.807) is 19.2 Å². The molecular weight excluding hydrogens is 416 g/mol. The molecule has 1 unspecified atom stereocenters. The molecule has 0 spiro atoms. The van der Waals surface area contributed by atoms with Crippen LogP contribution < -0.4 is 15.4 Å². The van der Waals surface area contributed by atoms with Crippen LogP contribution in [0.15, 0.2) is 48.5 Å². The first-order valence-electron chi connectivity index (χ1n) is 10.4. The molecule has 166 valence electrons. The maximum Gasteiger partial charge on any atom is 0.238 e. The van der Waals surface area contributed by atoms with Gasteiger partial charge in [-0.2, -0.15) is 0 Å². The number of carbonyl (C=O) groups excluding carboxylic acids is 2. The summed E-state index contributed by atoms with van der Waals surface area (Å²) >= 11 is 6.10. The van der Waals surface area contributed by atoms with Gasteiger partial charge < -0.3 is 15.4 Å². The average Bonchev–Trinajstić information content (AvgIpc) is 2.79. The summed E-state index contributed by atoms with van der Waals surface area (Å²) in [6, 6.07) is 14.6. The third-order valence-electron chi connectivity index (χ3n) is 5.49. The lowest BCUT2D eigenvalue weighted by Gasteiger charge is -2.37. The number of anilines is 1. The summed E-state index contributed by atoms with van der Waals surface area (Å²) in [5, 5.41) is 6.37. The Morgan fingerprint density at radius 1 is 1.06 bits per heavy atom. The van der Waals surface area contributed by atoms with Crippen molar-refractivity contribution in [3.05, 3.63) is 59.1 Å². The number of ether oxygens (including phenoxy) is 1. The van der Waals surface area contributed by atoms with Crippen LogP contribution in [0.2, 0.25) is 5.02 Å². The molecule has 2 aromatic carbocycles. The smallest absolute Gasteiger partial charge is 0.238 e. The average molecular weight is 445 g/mol. The molecule has 3 rings (SSSR count). The van der Waals surface area contributed by atoms with Gasteiger partial charge in [0.15, 0.2) is 0 Å². The zero-order valence-electron chi connectivity index (χ0n) is 17.9. The number of hydrogen-bond donors (Lipinski definition) is 2. The van der Waals surface area contributed by atoms with Gasteiger partial charge in [0.2, 0.25) is 11.8 Å². The van der Waals surface area contributed by atoms with Gasteiger partial charge in [-0.3, -0.25) is 19.4 Å². The van der Waals surface area contributed by atoms with Gasteiger partial charge in [-0.15, -0.1) is 0 Å². The number of nitrogens with zero attached hydrogens (tertiary/aromatic N) is 2. The third kappa shape index (κ3) is 6.43. The lowest BCUT2D eigenvalue weighted by Crippen LogP contribution is -2.54. The maximum atomic E-state index is 12.6. The molecule has 1 aliphatic rings. The van der Waals surface area contributed by atoms with Crippen molar-refractivity contribution in [3.8, 4) is 5.75 Å². The highest BCUT2D eigenvalue weighted by Gasteiger charge is 2.26. The van der Waals surface area contributed by atoms with E-state index in [-0.39, 0.29) is 17.9 Å². The molecule has 1 atom stereocenters. The minimum atomic E-state index is -0.242. The second-order valence-electron chi connectivity index (χ2n) is 7.55. The Hall–Kier alpha value is -2.61. The lowest BCUT2D eigenvalue weighted by molar-refractivity contribution is -0.127. The van der Waals surface area contributed by atoms with Gasteiger partial charge in [-0.25, -0.2) is 0 Å². The van der Waals surface area contributed by atoms with Crippen LogP contribution in [0.4, 0.5) is 5.69 Å². The normalized spacial score (nSPS) is 15.8. The van der Waals surface area contributed by atoms with Gasteiger partial charge in [0.1, 0.15) is 5.75 Å². The number of amides is 2. The van der Waals surface area contributed by atoms with E-state index < -0.39 is 0 Å². The van der Waals surface area contributed by atoms with E-state index in [9.17, 15) is 9.59 Å². The Morgan fingerprint density at radius 3 is 2.45 bits per heavy atom. The molecule has 1 heterocycles. The second kappa shape index (κ2) is 11.1. The highest BCUT2D eigenvalue weighted by atomic mass is 35.5. The van der Waals surface area contributed by atoms with Gasteiger partial charge in [0, 0.05) is 38.3 Å². The topological polar surface area (TPSA) is 73.9 Å². The van der Waals surface area contributed by atoms with Crippen LogP contribution in [0.5, 0.6) is 5.75 Å². The van der Waals surface area contributed by atoms with E-state index in [1.807, 2.05) is 43.3 Å². The minimum Gasteiger partial charge on any atom is -0.496 e. The van der Waals surface area contributed by atoms with E-state index in [1.165, 1.54) is 0 Å². The fraction of sp³-hybridized carbons (Fsp3) is 0.391. The van der Waals surface area contributed by atoms with Crippen molar-refractivity contribution in [2.24, 2.45) is 0 Å². The first-order chi connectivity index (χ1) is 15.0. The fourth-order valence-corrected chi connectivity index (χ4v) is 3.79. The highest BCUT2D eigenvalue weighted by Crippen LogP contribution is 2.20. The van der Waals surface area contributed by atoms with E-state index >= 15 is 0 Å². The first-order valence-corrected chi connectivity index (χ1v) is 10.8. The Morgan fingerprint density at radius 2 is 1.74 bits per heavy atom. The van der Waals surface area contributed by atoms with Crippen LogP contribution >= 0.6 is 11.6 Å². The summed E-state index contributed by atoms with van der Waals surface area (Å²) < 4.78 is 5.33. The zero-order chi connectivity index (χ0) is 22.2. The molecule has 0 saturated carbocycles. The van der Waals surface area contributed by atoms with Crippen molar-refractivity contribution in [1.82, 2.24) is 15.1 Å². The Labute approximate surface area is 188 Å². The van der Waals surface area contributed by atoms with Crippen molar-refractivity contribution in [2.45, 2.75) is 19.5 Å². The lowest BCUT2D eigenvalue weighted by atomic mass is 10.1. The molecule has 0 aromatic heterocycles. The Bertz CT molecular complexity index is 900. The number of para-hydroxylation sites is 2. The Kier molecular flexibility index (Phi) is 8.28. The van der Waals surface area contributed by atoms with E-state index in [0.29, 0.717) is 23.8 Å². The number of benzene rings is 2. The summed E-state index contributed by atoms with van der Waals surface area (Å²) in [7, 11) is 1.62. The molecule has 8 heteroatoms. The molecule has 1 fully saturated rings. The number of nitrogens with one attached hydrogen (secondary N) is 2. The third-order valence-corrected chi connectivity index (χ3v) is 5.82. The number of carbonyl (C=O) groups is 2. The van der Waals surface area contributed by atoms with Gasteiger partial charge in [-0.05, 0) is 25.1 Å². The van der Waals surface area contributed by atoms with Gasteiger partial charge in [-0.1, -0.05) is 41.9 Å². The number of rotatable bonds is 8. The van der Waals surface area contributed by atoms with E-state index in [2.05, 4.69) is 20.4 Å². The standard InChI is InChI=1S/C23H29ClN4O3/c1-17(23(30)25-15-18-7-3-6-10-21(18)31-2)28-13-11-27(12-14-28)16-22(29)26-20-9-5-4-8-19(20)24/h3-10,17H,11-16H2,1-2H3,(H,25,30)(H,26,29). The molecule has 7 nitrogen and oxygen atoms in total. The molecule has 0 bridgehead atoms. The van der Waals surface area contributed by atoms with E-state index in [0.717, 1.165) is 37.5 Å². The van der Waals surface area contributed by atoms with Crippen LogP contribution in [0.3, 0.4) is 0 Å². The summed E-state index contributed by atoms with van der Waals surface area (Å²) in [5.74, 6) is 0.652. The molecule has 31 heavy (non-hydrogen) atoms. The maximum absolute atomic E-state index is 12.6. The van der Waals surface area contributed by atoms with Crippen molar-refractivity contribution >= 4 is 29.1 Å². The predicted octanol–water partition coefficient (Wildman–Crippen LogP) is 2.61. The van der Waals surface area contributed by atoms with Gasteiger partial charge >= 0.3 is 0 Å². The van der Waals surface area contributed by atoms with Crippen LogP contribution in [0.25, 0.3) is 0 Å². The zero-order valence-corrected chi connectivity index (χ0v) is 18.7.